The molecule has 0 atom stereocenters. The smallest absolute Gasteiger partial charge is 0.121 e. The summed E-state index contributed by atoms with van der Waals surface area (Å²) in [5, 5.41) is 6.61. The van der Waals surface area contributed by atoms with Gasteiger partial charge in [0.25, 0.3) is 0 Å². The molecule has 0 bridgehead atoms. The van der Waals surface area contributed by atoms with Crippen molar-refractivity contribution in [3.8, 4) is 22.5 Å². The van der Waals surface area contributed by atoms with Crippen LogP contribution in [0.1, 0.15) is 98.0 Å². The Hall–Kier alpha value is -4.63. The van der Waals surface area contributed by atoms with E-state index in [9.17, 15) is 1.37 Å². The summed E-state index contributed by atoms with van der Waals surface area (Å²) in [6.07, 6.45) is 6.30. The first-order chi connectivity index (χ1) is 28.2. The van der Waals surface area contributed by atoms with Gasteiger partial charge in [0.1, 0.15) is 5.58 Å². The Morgan fingerprint density at radius 3 is 2.30 bits per heavy atom. The number of rotatable bonds is 3. The van der Waals surface area contributed by atoms with Crippen molar-refractivity contribution in [1.82, 2.24) is 9.97 Å². The Bertz CT molecular complexity index is 2810. The molecule has 1 aliphatic carbocycles. The molecule has 1 fully saturated rings. The Morgan fingerprint density at radius 1 is 0.778 bits per heavy atom. The predicted octanol–water partition coefficient (Wildman–Crippen LogP) is 13.9. The molecule has 0 N–H and O–H groups in total. The van der Waals surface area contributed by atoms with Crippen molar-refractivity contribution in [1.29, 1.82) is 0 Å². The second-order valence-corrected chi connectivity index (χ2v) is 16.1. The van der Waals surface area contributed by atoms with Gasteiger partial charge in [-0.3, -0.25) is 0 Å². The summed E-state index contributed by atoms with van der Waals surface area (Å²) >= 11 is 0. The van der Waals surface area contributed by atoms with Crippen molar-refractivity contribution in [2.24, 2.45) is 5.41 Å². The van der Waals surface area contributed by atoms with E-state index in [1.165, 1.54) is 28.6 Å². The minimum Gasteiger partial charge on any atom is -0.501 e. The zero-order chi connectivity index (χ0) is 42.8. The molecule has 1 saturated carbocycles. The molecular formula is C50H48IrN2O-2. The fraction of sp³-hybridized carbons (Fsp3) is 0.280. The molecule has 9 rings (SSSR count). The molecule has 54 heavy (non-hydrogen) atoms. The SMILES string of the molecule is [2H]C([2H])([2H])c1c[c-]c(-c2ccc(C(C)(C)C)cn2)cc1.[2H]C([2H])([2H])c1cnc(-c2[c-]ccc3c2oc2cc4c(ccc5ccccc54)cc23)cc1C1([2H])CCC(C)(C)CC1.[Ir]. The summed E-state index contributed by atoms with van der Waals surface area (Å²) in [6.45, 7) is 6.43. The van der Waals surface area contributed by atoms with E-state index in [0.717, 1.165) is 51.2 Å². The minimum atomic E-state index is -2.35. The van der Waals surface area contributed by atoms with Gasteiger partial charge < -0.3 is 14.4 Å². The van der Waals surface area contributed by atoms with Gasteiger partial charge in [0.05, 0.1) is 5.58 Å². The average molecular weight is 892 g/mol. The number of hydrogen-bond acceptors (Lipinski definition) is 3. The number of nitrogens with zero attached hydrogens (tertiary/aromatic N) is 2. The molecule has 0 saturated heterocycles. The van der Waals surface area contributed by atoms with Crippen LogP contribution in [0.4, 0.5) is 0 Å². The van der Waals surface area contributed by atoms with Crippen LogP contribution < -0.4 is 0 Å². The molecule has 0 spiro atoms. The van der Waals surface area contributed by atoms with Crippen LogP contribution in [0.5, 0.6) is 0 Å². The zero-order valence-electron chi connectivity index (χ0n) is 38.4. The third kappa shape index (κ3) is 7.52. The number of benzene rings is 5. The van der Waals surface area contributed by atoms with Gasteiger partial charge in [-0.05, 0) is 111 Å². The summed E-state index contributed by atoms with van der Waals surface area (Å²) in [5.41, 5.74) is 6.73. The Labute approximate surface area is 343 Å². The first-order valence-electron chi connectivity index (χ1n) is 21.9. The molecule has 275 valence electrons. The molecule has 0 unspecified atom stereocenters. The van der Waals surface area contributed by atoms with Crippen molar-refractivity contribution in [3.63, 3.8) is 0 Å². The molecule has 8 aromatic rings. The van der Waals surface area contributed by atoms with E-state index in [1.54, 1.807) is 12.1 Å². The van der Waals surface area contributed by atoms with E-state index < -0.39 is 19.6 Å². The van der Waals surface area contributed by atoms with Gasteiger partial charge in [-0.15, -0.1) is 53.6 Å². The Balaban J connectivity index is 0.000000226. The van der Waals surface area contributed by atoms with Crippen LogP contribution in [0.2, 0.25) is 0 Å². The van der Waals surface area contributed by atoms with Crippen LogP contribution in [-0.2, 0) is 25.5 Å². The Kier molecular flexibility index (Phi) is 8.19. The zero-order valence-corrected chi connectivity index (χ0v) is 33.8. The Morgan fingerprint density at radius 2 is 1.57 bits per heavy atom. The molecule has 0 amide bonds. The molecule has 0 aliphatic heterocycles. The summed E-state index contributed by atoms with van der Waals surface area (Å²) in [4.78, 5) is 9.05. The fourth-order valence-corrected chi connectivity index (χ4v) is 7.40. The van der Waals surface area contributed by atoms with Gasteiger partial charge in [-0.1, -0.05) is 107 Å². The number of pyridine rings is 2. The molecular weight excluding hydrogens is 837 g/mol. The van der Waals surface area contributed by atoms with E-state index in [0.29, 0.717) is 40.8 Å². The molecule has 1 radical (unpaired) electrons. The van der Waals surface area contributed by atoms with Crippen LogP contribution in [-0.4, -0.2) is 9.97 Å². The number of aryl methyl sites for hydroxylation is 2. The van der Waals surface area contributed by atoms with Gasteiger partial charge in [-0.25, -0.2) is 0 Å². The minimum absolute atomic E-state index is 0. The standard InChI is InChI=1S/C34H30NO.C16H18N.Ir/c1-21-20-35-31(18-28(21)23-13-15-34(2,3)16-14-23)27-10-6-9-26-30-17-24-12-11-22-7-4-5-8-25(22)29(24)19-32(30)36-33(26)27;1-12-5-7-13(8-6-12)15-10-9-14(11-17-15)16(2,3)4;/h4-9,11-12,17-20,23H,13-16H2,1-3H3;5-7,9-11H,1-4H3;/q2*-1;/i1D3,23D;1D3;. The second-order valence-electron chi connectivity index (χ2n) is 16.1. The fourth-order valence-electron chi connectivity index (χ4n) is 7.40. The third-order valence-corrected chi connectivity index (χ3v) is 10.8. The maximum absolute atomic E-state index is 9.41. The first-order valence-corrected chi connectivity index (χ1v) is 18.4. The van der Waals surface area contributed by atoms with Crippen molar-refractivity contribution in [2.45, 2.75) is 85.3 Å². The van der Waals surface area contributed by atoms with E-state index in [2.05, 4.69) is 99.2 Å². The molecule has 3 nitrogen and oxygen atoms in total. The summed E-state index contributed by atoms with van der Waals surface area (Å²) < 4.78 is 62.5. The summed E-state index contributed by atoms with van der Waals surface area (Å²) in [5.74, 6) is -0.975. The van der Waals surface area contributed by atoms with E-state index in [4.69, 9.17) is 12.6 Å². The van der Waals surface area contributed by atoms with E-state index >= 15 is 0 Å². The number of aromatic nitrogens is 2. The largest absolute Gasteiger partial charge is 0.501 e. The van der Waals surface area contributed by atoms with Crippen LogP contribution in [0, 0.1) is 31.3 Å². The summed E-state index contributed by atoms with van der Waals surface area (Å²) in [6, 6.07) is 37.8. The van der Waals surface area contributed by atoms with Crippen LogP contribution in [0.3, 0.4) is 0 Å². The summed E-state index contributed by atoms with van der Waals surface area (Å²) in [7, 11) is 0. The average Bonchev–Trinajstić information content (AvgIpc) is 3.58. The van der Waals surface area contributed by atoms with Gasteiger partial charge >= 0.3 is 0 Å². The van der Waals surface area contributed by atoms with Crippen molar-refractivity contribution in [2.75, 3.05) is 0 Å². The van der Waals surface area contributed by atoms with Crippen molar-refractivity contribution >= 4 is 43.5 Å². The van der Waals surface area contributed by atoms with E-state index in [-0.39, 0.29) is 36.5 Å². The van der Waals surface area contributed by atoms with Crippen LogP contribution in [0.25, 0.3) is 66.0 Å². The molecule has 1 aliphatic rings. The van der Waals surface area contributed by atoms with Gasteiger partial charge in [0, 0.05) is 47.5 Å². The monoisotopic (exact) mass is 892 g/mol. The van der Waals surface area contributed by atoms with Crippen LogP contribution >= 0.6 is 0 Å². The molecule has 5 aromatic carbocycles. The normalized spacial score (nSPS) is 17.5. The predicted molar refractivity (Wildman–Crippen MR) is 222 cm³/mol. The van der Waals surface area contributed by atoms with Crippen molar-refractivity contribution in [3.05, 3.63) is 144 Å². The quantitative estimate of drug-likeness (QED) is 0.131. The molecule has 4 heteroatoms. The third-order valence-electron chi connectivity index (χ3n) is 10.8. The number of fused-ring (bicyclic) bond motifs is 6. The maximum atomic E-state index is 9.41. The molecule has 3 heterocycles. The van der Waals surface area contributed by atoms with Gasteiger partial charge in [-0.2, -0.15) is 0 Å². The second kappa shape index (κ2) is 14.9. The first kappa shape index (κ1) is 29.7. The van der Waals surface area contributed by atoms with Crippen molar-refractivity contribution < 1.29 is 34.1 Å². The van der Waals surface area contributed by atoms with Gasteiger partial charge in [0.2, 0.25) is 0 Å². The molecule has 3 aromatic heterocycles. The number of hydrogen-bond donors (Lipinski definition) is 0. The topological polar surface area (TPSA) is 38.9 Å². The number of furan rings is 1. The van der Waals surface area contributed by atoms with E-state index in [1.807, 2.05) is 42.6 Å². The van der Waals surface area contributed by atoms with Gasteiger partial charge in [0.15, 0.2) is 0 Å². The van der Waals surface area contributed by atoms with Crippen LogP contribution in [0.15, 0.2) is 114 Å². The maximum Gasteiger partial charge on any atom is 0.121 e.